The maximum Gasteiger partial charge on any atom is 0.241 e. The fraction of sp³-hybridized carbons (Fsp3) is 0.500. The van der Waals surface area contributed by atoms with Crippen LogP contribution < -0.4 is 10.5 Å². The molecule has 0 aliphatic rings. The first-order chi connectivity index (χ1) is 8.38. The molecule has 0 aromatic heterocycles. The smallest absolute Gasteiger partial charge is 0.241 e. The van der Waals surface area contributed by atoms with Gasteiger partial charge in [0.2, 0.25) is 10.0 Å². The van der Waals surface area contributed by atoms with E-state index in [-0.39, 0.29) is 17.3 Å². The maximum absolute atomic E-state index is 13.1. The average Bonchev–Trinajstić information content (AvgIpc) is 2.22. The molecule has 4 nitrogen and oxygen atoms in total. The van der Waals surface area contributed by atoms with E-state index in [1.807, 2.05) is 0 Å². The van der Waals surface area contributed by atoms with E-state index in [9.17, 15) is 12.8 Å². The number of nitrogens with two attached hydrogens (primary N) is 1. The van der Waals surface area contributed by atoms with Gasteiger partial charge in [-0.1, -0.05) is 0 Å². The van der Waals surface area contributed by atoms with E-state index in [2.05, 4.69) is 4.72 Å². The Labute approximate surface area is 120 Å². The summed E-state index contributed by atoms with van der Waals surface area (Å²) >= 11 is 0. The van der Waals surface area contributed by atoms with Gasteiger partial charge in [0.25, 0.3) is 0 Å². The topological polar surface area (TPSA) is 72.2 Å². The fourth-order valence-corrected chi connectivity index (χ4v) is 3.39. The van der Waals surface area contributed by atoms with Crippen LogP contribution in [0.15, 0.2) is 17.0 Å². The van der Waals surface area contributed by atoms with Gasteiger partial charge in [0.15, 0.2) is 0 Å². The number of unbranched alkanes of at least 4 members (excludes halogenated alkanes) is 1. The maximum atomic E-state index is 13.1. The molecule has 3 N–H and O–H groups in total. The SMILES string of the molecule is Cc1cc(F)cc(C)c1S(=O)(=O)NCCCCN.Cl. The third kappa shape index (κ3) is 5.06. The molecule has 0 radical (unpaired) electrons. The summed E-state index contributed by atoms with van der Waals surface area (Å²) in [6, 6.07) is 2.45. The first-order valence-electron chi connectivity index (χ1n) is 5.85. The largest absolute Gasteiger partial charge is 0.330 e. The molecular formula is C12H20ClFN2O2S. The molecule has 19 heavy (non-hydrogen) atoms. The van der Waals surface area contributed by atoms with Crippen molar-refractivity contribution < 1.29 is 12.8 Å². The number of aryl methyl sites for hydroxylation is 2. The van der Waals surface area contributed by atoms with Gasteiger partial charge in [0, 0.05) is 6.54 Å². The van der Waals surface area contributed by atoms with Gasteiger partial charge >= 0.3 is 0 Å². The van der Waals surface area contributed by atoms with Crippen LogP contribution in [-0.2, 0) is 10.0 Å². The van der Waals surface area contributed by atoms with Crippen LogP contribution in [0.4, 0.5) is 4.39 Å². The molecule has 0 heterocycles. The van der Waals surface area contributed by atoms with Crippen molar-refractivity contribution in [2.45, 2.75) is 31.6 Å². The zero-order chi connectivity index (χ0) is 13.8. The second-order valence-corrected chi connectivity index (χ2v) is 5.97. The molecule has 0 fully saturated rings. The predicted molar refractivity (Wildman–Crippen MR) is 76.6 cm³/mol. The molecule has 0 unspecified atom stereocenters. The van der Waals surface area contributed by atoms with Gasteiger partial charge in [-0.25, -0.2) is 17.5 Å². The van der Waals surface area contributed by atoms with Gasteiger partial charge in [-0.2, -0.15) is 0 Å². The van der Waals surface area contributed by atoms with Crippen LogP contribution in [0.2, 0.25) is 0 Å². The number of halogens is 2. The first-order valence-corrected chi connectivity index (χ1v) is 7.33. The number of hydrogen-bond acceptors (Lipinski definition) is 3. The molecule has 110 valence electrons. The summed E-state index contributed by atoms with van der Waals surface area (Å²) < 4.78 is 39.8. The Balaban J connectivity index is 0.00000324. The highest BCUT2D eigenvalue weighted by molar-refractivity contribution is 7.89. The van der Waals surface area contributed by atoms with Crippen LogP contribution in [0.5, 0.6) is 0 Å². The second kappa shape index (κ2) is 7.79. The molecule has 7 heteroatoms. The number of nitrogens with one attached hydrogen (secondary N) is 1. The van der Waals surface area contributed by atoms with E-state index in [0.29, 0.717) is 30.6 Å². The lowest BCUT2D eigenvalue weighted by atomic mass is 10.1. The highest BCUT2D eigenvalue weighted by Crippen LogP contribution is 2.21. The fourth-order valence-electron chi connectivity index (χ4n) is 1.87. The Morgan fingerprint density at radius 2 is 1.74 bits per heavy atom. The van der Waals surface area contributed by atoms with E-state index in [1.54, 1.807) is 13.8 Å². The Morgan fingerprint density at radius 1 is 1.21 bits per heavy atom. The van der Waals surface area contributed by atoms with Crippen LogP contribution >= 0.6 is 12.4 Å². The monoisotopic (exact) mass is 310 g/mol. The Hall–Kier alpha value is -0.690. The van der Waals surface area contributed by atoms with E-state index in [4.69, 9.17) is 5.73 Å². The molecule has 0 spiro atoms. The number of sulfonamides is 1. The van der Waals surface area contributed by atoms with Crippen LogP contribution in [0.1, 0.15) is 24.0 Å². The molecule has 0 aliphatic heterocycles. The summed E-state index contributed by atoms with van der Waals surface area (Å²) in [7, 11) is -3.58. The van der Waals surface area contributed by atoms with Crippen LogP contribution in [0, 0.1) is 19.7 Å². The van der Waals surface area contributed by atoms with Crippen LogP contribution in [-0.4, -0.2) is 21.5 Å². The molecule has 0 saturated heterocycles. The summed E-state index contributed by atoms with van der Waals surface area (Å²) in [5.74, 6) is -0.424. The van der Waals surface area contributed by atoms with E-state index in [0.717, 1.165) is 6.42 Å². The summed E-state index contributed by atoms with van der Waals surface area (Å²) in [5, 5.41) is 0. The van der Waals surface area contributed by atoms with Gasteiger partial charge in [0.1, 0.15) is 5.82 Å². The third-order valence-corrected chi connectivity index (χ3v) is 4.38. The predicted octanol–water partition coefficient (Wildman–Crippen LogP) is 1.88. The number of benzene rings is 1. The van der Waals surface area contributed by atoms with Crippen molar-refractivity contribution in [2.75, 3.05) is 13.1 Å². The van der Waals surface area contributed by atoms with E-state index in [1.165, 1.54) is 12.1 Å². The molecule has 1 rings (SSSR count). The minimum atomic E-state index is -3.58. The molecule has 0 saturated carbocycles. The van der Waals surface area contributed by atoms with Crippen molar-refractivity contribution in [2.24, 2.45) is 5.73 Å². The van der Waals surface area contributed by atoms with E-state index >= 15 is 0 Å². The number of rotatable bonds is 6. The lowest BCUT2D eigenvalue weighted by molar-refractivity contribution is 0.574. The van der Waals surface area contributed by atoms with Crippen LogP contribution in [0.25, 0.3) is 0 Å². The third-order valence-electron chi connectivity index (χ3n) is 2.62. The normalized spacial score (nSPS) is 11.2. The molecule has 0 atom stereocenters. The van der Waals surface area contributed by atoms with Crippen molar-refractivity contribution in [3.63, 3.8) is 0 Å². The molecule has 0 amide bonds. The summed E-state index contributed by atoms with van der Waals surface area (Å²) in [4.78, 5) is 0.164. The van der Waals surface area contributed by atoms with Crippen LogP contribution in [0.3, 0.4) is 0 Å². The van der Waals surface area contributed by atoms with Gasteiger partial charge in [-0.05, 0) is 56.5 Å². The highest BCUT2D eigenvalue weighted by atomic mass is 35.5. The Morgan fingerprint density at radius 3 is 2.21 bits per heavy atom. The van der Waals surface area contributed by atoms with Gasteiger partial charge < -0.3 is 5.73 Å². The van der Waals surface area contributed by atoms with Crippen molar-refractivity contribution in [1.82, 2.24) is 4.72 Å². The van der Waals surface area contributed by atoms with Gasteiger partial charge in [-0.3, -0.25) is 0 Å². The van der Waals surface area contributed by atoms with Crippen molar-refractivity contribution >= 4 is 22.4 Å². The molecule has 1 aromatic carbocycles. The first kappa shape index (κ1) is 18.3. The Kier molecular flexibility index (Phi) is 7.51. The van der Waals surface area contributed by atoms with Crippen molar-refractivity contribution in [3.8, 4) is 0 Å². The molecule has 1 aromatic rings. The minimum Gasteiger partial charge on any atom is -0.330 e. The zero-order valence-corrected chi connectivity index (χ0v) is 12.7. The Bertz CT molecular complexity index is 497. The molecule has 0 aliphatic carbocycles. The summed E-state index contributed by atoms with van der Waals surface area (Å²) in [6.45, 7) is 4.06. The summed E-state index contributed by atoms with van der Waals surface area (Å²) in [6.07, 6.45) is 1.46. The number of hydrogen-bond donors (Lipinski definition) is 2. The highest BCUT2D eigenvalue weighted by Gasteiger charge is 2.19. The van der Waals surface area contributed by atoms with Crippen molar-refractivity contribution in [1.29, 1.82) is 0 Å². The lowest BCUT2D eigenvalue weighted by Crippen LogP contribution is -2.26. The van der Waals surface area contributed by atoms with Gasteiger partial charge in [0.05, 0.1) is 4.90 Å². The zero-order valence-electron chi connectivity index (χ0n) is 11.1. The van der Waals surface area contributed by atoms with Gasteiger partial charge in [-0.15, -0.1) is 12.4 Å². The van der Waals surface area contributed by atoms with Crippen molar-refractivity contribution in [3.05, 3.63) is 29.1 Å². The second-order valence-electron chi connectivity index (χ2n) is 4.26. The average molecular weight is 311 g/mol. The standard InChI is InChI=1S/C12H19FN2O2S.ClH/c1-9-7-11(13)8-10(2)12(9)18(16,17)15-6-4-3-5-14;/h7-8,15H,3-6,14H2,1-2H3;1H. The van der Waals surface area contributed by atoms with E-state index < -0.39 is 15.8 Å². The molecule has 0 bridgehead atoms. The molecular weight excluding hydrogens is 291 g/mol. The quantitative estimate of drug-likeness (QED) is 0.788. The summed E-state index contributed by atoms with van der Waals surface area (Å²) in [5.41, 5.74) is 6.17. The minimum absolute atomic E-state index is 0. The lowest BCUT2D eigenvalue weighted by Gasteiger charge is -2.12.